The predicted molar refractivity (Wildman–Crippen MR) is 96.1 cm³/mol. The molecule has 0 unspecified atom stereocenters. The van der Waals surface area contributed by atoms with Gasteiger partial charge in [-0.3, -0.25) is 10.4 Å². The zero-order chi connectivity index (χ0) is 16.8. The number of thiazole rings is 1. The van der Waals surface area contributed by atoms with Crippen LogP contribution in [0, 0.1) is 0 Å². The van der Waals surface area contributed by atoms with Gasteiger partial charge in [0.2, 0.25) is 5.13 Å². The number of rotatable bonds is 6. The van der Waals surface area contributed by atoms with Crippen LogP contribution in [0.3, 0.4) is 0 Å². The Labute approximate surface area is 143 Å². The number of anilines is 1. The number of benzene rings is 1. The predicted octanol–water partition coefficient (Wildman–Crippen LogP) is 3.67. The number of nitrogens with zero attached hydrogens (tertiary/aromatic N) is 3. The maximum atomic E-state index is 5.32. The lowest BCUT2D eigenvalue weighted by molar-refractivity contribution is 0.355. The first-order valence-corrected chi connectivity index (χ1v) is 8.05. The molecule has 2 aromatic heterocycles. The Hall–Kier alpha value is -2.93. The lowest BCUT2D eigenvalue weighted by Crippen LogP contribution is -1.92. The Morgan fingerprint density at radius 3 is 2.79 bits per heavy atom. The number of methoxy groups -OCH3 is 2. The van der Waals surface area contributed by atoms with Crippen LogP contribution in [0.2, 0.25) is 0 Å². The third kappa shape index (κ3) is 3.69. The van der Waals surface area contributed by atoms with Gasteiger partial charge in [0.15, 0.2) is 11.5 Å². The van der Waals surface area contributed by atoms with Crippen LogP contribution in [-0.4, -0.2) is 30.4 Å². The van der Waals surface area contributed by atoms with Crippen molar-refractivity contribution in [2.45, 2.75) is 0 Å². The Morgan fingerprint density at radius 1 is 1.17 bits per heavy atom. The van der Waals surface area contributed by atoms with Crippen LogP contribution in [0.15, 0.2) is 53.2 Å². The monoisotopic (exact) mass is 340 g/mol. The van der Waals surface area contributed by atoms with E-state index in [4.69, 9.17) is 9.47 Å². The molecule has 6 nitrogen and oxygen atoms in total. The average Bonchev–Trinajstić information content (AvgIpc) is 3.11. The second-order valence-corrected chi connectivity index (χ2v) is 5.62. The number of ether oxygens (including phenoxy) is 2. The molecule has 0 bridgehead atoms. The number of pyridine rings is 1. The van der Waals surface area contributed by atoms with Crippen molar-refractivity contribution in [2.24, 2.45) is 5.10 Å². The summed E-state index contributed by atoms with van der Waals surface area (Å²) in [5.41, 5.74) is 5.65. The average molecular weight is 340 g/mol. The van der Waals surface area contributed by atoms with E-state index in [1.807, 2.05) is 35.7 Å². The van der Waals surface area contributed by atoms with Crippen molar-refractivity contribution in [1.82, 2.24) is 9.97 Å². The van der Waals surface area contributed by atoms with Crippen LogP contribution in [0.25, 0.3) is 11.3 Å². The van der Waals surface area contributed by atoms with Crippen molar-refractivity contribution in [3.63, 3.8) is 0 Å². The molecular formula is C17H16N4O2S. The second-order valence-electron chi connectivity index (χ2n) is 4.76. The topological polar surface area (TPSA) is 68.6 Å². The molecule has 0 saturated heterocycles. The molecule has 0 spiro atoms. The molecule has 2 heterocycles. The lowest BCUT2D eigenvalue weighted by atomic mass is 10.1. The molecule has 0 aliphatic carbocycles. The minimum atomic E-state index is 0.673. The molecule has 1 N–H and O–H groups in total. The summed E-state index contributed by atoms with van der Waals surface area (Å²) in [5, 5.41) is 6.84. The highest BCUT2D eigenvalue weighted by atomic mass is 32.1. The van der Waals surface area contributed by atoms with E-state index in [-0.39, 0.29) is 0 Å². The zero-order valence-electron chi connectivity index (χ0n) is 13.3. The molecule has 0 saturated carbocycles. The van der Waals surface area contributed by atoms with Crippen LogP contribution >= 0.6 is 11.3 Å². The first-order chi connectivity index (χ1) is 11.8. The van der Waals surface area contributed by atoms with E-state index in [0.717, 1.165) is 16.8 Å². The van der Waals surface area contributed by atoms with Gasteiger partial charge in [-0.05, 0) is 24.3 Å². The highest BCUT2D eigenvalue weighted by molar-refractivity contribution is 7.14. The molecular weight excluding hydrogens is 324 g/mol. The minimum absolute atomic E-state index is 0.673. The van der Waals surface area contributed by atoms with E-state index in [1.54, 1.807) is 32.8 Å². The van der Waals surface area contributed by atoms with E-state index in [0.29, 0.717) is 16.6 Å². The fourth-order valence-corrected chi connectivity index (χ4v) is 2.74. The smallest absolute Gasteiger partial charge is 0.203 e. The Balaban J connectivity index is 1.72. The molecule has 0 amide bonds. The van der Waals surface area contributed by atoms with Gasteiger partial charge >= 0.3 is 0 Å². The van der Waals surface area contributed by atoms with Crippen molar-refractivity contribution in [3.05, 3.63) is 53.7 Å². The van der Waals surface area contributed by atoms with Crippen LogP contribution in [-0.2, 0) is 0 Å². The van der Waals surface area contributed by atoms with Crippen molar-refractivity contribution in [1.29, 1.82) is 0 Å². The number of nitrogens with one attached hydrogen (secondary N) is 1. The maximum absolute atomic E-state index is 5.32. The van der Waals surface area contributed by atoms with Crippen LogP contribution in [0.4, 0.5) is 5.13 Å². The summed E-state index contributed by atoms with van der Waals surface area (Å²) in [6.07, 6.45) is 5.16. The van der Waals surface area contributed by atoms with Gasteiger partial charge in [0.1, 0.15) is 0 Å². The summed E-state index contributed by atoms with van der Waals surface area (Å²) in [6.45, 7) is 0. The van der Waals surface area contributed by atoms with Crippen LogP contribution in [0.5, 0.6) is 11.5 Å². The summed E-state index contributed by atoms with van der Waals surface area (Å²) in [7, 11) is 3.23. The summed E-state index contributed by atoms with van der Waals surface area (Å²) >= 11 is 1.48. The van der Waals surface area contributed by atoms with Gasteiger partial charge in [0.25, 0.3) is 0 Å². The molecule has 1 aromatic carbocycles. The minimum Gasteiger partial charge on any atom is -0.493 e. The van der Waals surface area contributed by atoms with Crippen LogP contribution < -0.4 is 14.9 Å². The fourth-order valence-electron chi connectivity index (χ4n) is 2.07. The normalized spacial score (nSPS) is 10.8. The summed E-state index contributed by atoms with van der Waals surface area (Å²) < 4.78 is 10.6. The number of hydrogen-bond acceptors (Lipinski definition) is 7. The first-order valence-electron chi connectivity index (χ1n) is 7.17. The van der Waals surface area contributed by atoms with E-state index in [1.165, 1.54) is 11.3 Å². The Bertz CT molecular complexity index is 834. The Morgan fingerprint density at radius 2 is 2.04 bits per heavy atom. The third-order valence-corrected chi connectivity index (χ3v) is 3.99. The van der Waals surface area contributed by atoms with Gasteiger partial charge in [-0.25, -0.2) is 4.98 Å². The van der Waals surface area contributed by atoms with Gasteiger partial charge in [-0.15, -0.1) is 11.3 Å². The zero-order valence-corrected chi connectivity index (χ0v) is 14.1. The Kier molecular flexibility index (Phi) is 5.02. The summed E-state index contributed by atoms with van der Waals surface area (Å²) in [6, 6.07) is 9.49. The first kappa shape index (κ1) is 15.9. The van der Waals surface area contributed by atoms with Crippen molar-refractivity contribution in [2.75, 3.05) is 19.6 Å². The molecule has 0 radical (unpaired) electrons. The lowest BCUT2D eigenvalue weighted by Gasteiger charge is -2.08. The molecule has 122 valence electrons. The van der Waals surface area contributed by atoms with E-state index in [2.05, 4.69) is 20.5 Å². The molecule has 7 heteroatoms. The van der Waals surface area contributed by atoms with Crippen molar-refractivity contribution >= 4 is 22.7 Å². The van der Waals surface area contributed by atoms with Crippen molar-refractivity contribution in [3.8, 4) is 22.8 Å². The van der Waals surface area contributed by atoms with E-state index < -0.39 is 0 Å². The SMILES string of the molecule is COc1ccc(-c2csc(N/N=C\c3cccnc3)n2)cc1OC. The van der Waals surface area contributed by atoms with Crippen LogP contribution in [0.1, 0.15) is 5.56 Å². The largest absolute Gasteiger partial charge is 0.493 e. The summed E-state index contributed by atoms with van der Waals surface area (Å²) in [4.78, 5) is 8.55. The molecule has 0 atom stereocenters. The number of hydrogen-bond donors (Lipinski definition) is 1. The van der Waals surface area contributed by atoms with Gasteiger partial charge in [0, 0.05) is 28.9 Å². The van der Waals surface area contributed by atoms with Gasteiger partial charge in [-0.1, -0.05) is 6.07 Å². The highest BCUT2D eigenvalue weighted by Gasteiger charge is 2.09. The highest BCUT2D eigenvalue weighted by Crippen LogP contribution is 2.33. The van der Waals surface area contributed by atoms with Gasteiger partial charge in [0.05, 0.1) is 26.1 Å². The summed E-state index contributed by atoms with van der Waals surface area (Å²) in [5.74, 6) is 1.36. The standard InChI is InChI=1S/C17H16N4O2S/c1-22-15-6-5-13(8-16(15)23-2)14-11-24-17(20-14)21-19-10-12-4-3-7-18-9-12/h3-11H,1-2H3,(H,20,21)/b19-10-. The molecule has 0 aliphatic rings. The molecule has 3 rings (SSSR count). The number of aromatic nitrogens is 2. The van der Waals surface area contributed by atoms with E-state index in [9.17, 15) is 0 Å². The second kappa shape index (κ2) is 7.56. The van der Waals surface area contributed by atoms with Crippen molar-refractivity contribution < 1.29 is 9.47 Å². The quantitative estimate of drug-likeness (QED) is 0.548. The van der Waals surface area contributed by atoms with E-state index >= 15 is 0 Å². The third-order valence-electron chi connectivity index (χ3n) is 3.24. The molecule has 0 fully saturated rings. The molecule has 0 aliphatic heterocycles. The van der Waals surface area contributed by atoms with Gasteiger partial charge < -0.3 is 9.47 Å². The molecule has 24 heavy (non-hydrogen) atoms. The maximum Gasteiger partial charge on any atom is 0.203 e. The van der Waals surface area contributed by atoms with Gasteiger partial charge in [-0.2, -0.15) is 5.10 Å². The molecule has 3 aromatic rings. The fraction of sp³-hybridized carbons (Fsp3) is 0.118. The number of hydrazone groups is 1.